The van der Waals surface area contributed by atoms with Gasteiger partial charge in [0.15, 0.2) is 0 Å². The number of benzene rings is 2. The van der Waals surface area contributed by atoms with Gasteiger partial charge >= 0.3 is 0 Å². The molecule has 0 atom stereocenters. The molecule has 0 spiro atoms. The fourth-order valence-electron chi connectivity index (χ4n) is 2.22. The van der Waals surface area contributed by atoms with Crippen molar-refractivity contribution in [2.45, 2.75) is 40.2 Å². The van der Waals surface area contributed by atoms with Gasteiger partial charge in [-0.3, -0.25) is 0 Å². The number of rotatable bonds is 7. The van der Waals surface area contributed by atoms with Crippen LogP contribution in [0.3, 0.4) is 0 Å². The largest absolute Gasteiger partial charge is 0.494 e. The van der Waals surface area contributed by atoms with Crippen molar-refractivity contribution in [1.82, 2.24) is 0 Å². The molecule has 112 valence electrons. The highest BCUT2D eigenvalue weighted by Gasteiger charge is 2.01. The Labute approximate surface area is 128 Å². The zero-order valence-corrected chi connectivity index (χ0v) is 13.3. The minimum atomic E-state index is 0.796. The van der Waals surface area contributed by atoms with E-state index in [9.17, 15) is 0 Å². The third kappa shape index (κ3) is 4.52. The third-order valence-corrected chi connectivity index (χ3v) is 3.75. The predicted molar refractivity (Wildman–Crippen MR) is 90.1 cm³/mol. The Morgan fingerprint density at radius 3 is 2.67 bits per heavy atom. The van der Waals surface area contributed by atoms with Gasteiger partial charge in [-0.15, -0.1) is 0 Å². The van der Waals surface area contributed by atoms with Crippen LogP contribution in [0, 0.1) is 13.8 Å². The Hall–Kier alpha value is -1.96. The zero-order valence-electron chi connectivity index (χ0n) is 13.3. The van der Waals surface area contributed by atoms with E-state index in [4.69, 9.17) is 4.74 Å². The first-order valence-corrected chi connectivity index (χ1v) is 7.72. The Morgan fingerprint density at radius 2 is 1.86 bits per heavy atom. The summed E-state index contributed by atoms with van der Waals surface area (Å²) in [7, 11) is 0. The molecule has 0 unspecified atom stereocenters. The predicted octanol–water partition coefficient (Wildman–Crippen LogP) is 5.09. The highest BCUT2D eigenvalue weighted by atomic mass is 16.5. The number of nitrogens with one attached hydrogen (secondary N) is 1. The Bertz CT molecular complexity index is 578. The standard InChI is InChI=1S/C19H25NO/c1-4-5-12-21-18-10-7-9-17(13-18)14-20-19-11-6-8-15(2)16(19)3/h6-11,13,20H,4-5,12,14H2,1-3H3. The SMILES string of the molecule is CCCCOc1cccc(CNc2cccc(C)c2C)c1. The van der Waals surface area contributed by atoms with Crippen molar-refractivity contribution < 1.29 is 4.74 Å². The summed E-state index contributed by atoms with van der Waals surface area (Å²) in [6, 6.07) is 14.7. The van der Waals surface area contributed by atoms with Gasteiger partial charge in [0.05, 0.1) is 6.61 Å². The molecule has 0 aliphatic rings. The first kappa shape index (κ1) is 15.4. The molecule has 2 rings (SSSR count). The maximum atomic E-state index is 5.75. The van der Waals surface area contributed by atoms with Gasteiger partial charge in [-0.25, -0.2) is 0 Å². The first-order valence-electron chi connectivity index (χ1n) is 7.72. The summed E-state index contributed by atoms with van der Waals surface area (Å²) < 4.78 is 5.75. The number of hydrogen-bond donors (Lipinski definition) is 1. The molecule has 2 aromatic carbocycles. The van der Waals surface area contributed by atoms with Crippen LogP contribution in [0.1, 0.15) is 36.5 Å². The summed E-state index contributed by atoms with van der Waals surface area (Å²) in [5.74, 6) is 0.962. The Balaban J connectivity index is 1.96. The second-order valence-corrected chi connectivity index (χ2v) is 5.45. The summed E-state index contributed by atoms with van der Waals surface area (Å²) in [5, 5.41) is 3.51. The van der Waals surface area contributed by atoms with E-state index in [0.29, 0.717) is 0 Å². The lowest BCUT2D eigenvalue weighted by molar-refractivity contribution is 0.309. The molecular formula is C19H25NO. The molecule has 2 nitrogen and oxygen atoms in total. The lowest BCUT2D eigenvalue weighted by Crippen LogP contribution is -2.02. The van der Waals surface area contributed by atoms with E-state index in [1.165, 1.54) is 22.4 Å². The maximum absolute atomic E-state index is 5.75. The van der Waals surface area contributed by atoms with Crippen LogP contribution in [-0.2, 0) is 6.54 Å². The molecule has 0 saturated heterocycles. The molecule has 0 radical (unpaired) electrons. The molecule has 2 heteroatoms. The first-order chi connectivity index (χ1) is 10.2. The average molecular weight is 283 g/mol. The van der Waals surface area contributed by atoms with Crippen LogP contribution in [0.5, 0.6) is 5.75 Å². The second-order valence-electron chi connectivity index (χ2n) is 5.45. The molecule has 2 aromatic rings. The minimum Gasteiger partial charge on any atom is -0.494 e. The Kier molecular flexibility index (Phi) is 5.68. The molecule has 0 saturated carbocycles. The van der Waals surface area contributed by atoms with Gasteiger partial charge in [0.25, 0.3) is 0 Å². The monoisotopic (exact) mass is 283 g/mol. The molecule has 0 aliphatic carbocycles. The average Bonchev–Trinajstić information content (AvgIpc) is 2.50. The van der Waals surface area contributed by atoms with Crippen molar-refractivity contribution in [3.05, 3.63) is 59.2 Å². The van der Waals surface area contributed by atoms with Gasteiger partial charge in [-0.05, 0) is 55.2 Å². The minimum absolute atomic E-state index is 0.796. The van der Waals surface area contributed by atoms with Crippen LogP contribution in [-0.4, -0.2) is 6.61 Å². The fourth-order valence-corrected chi connectivity index (χ4v) is 2.22. The van der Waals surface area contributed by atoms with E-state index in [1.54, 1.807) is 0 Å². The summed E-state index contributed by atoms with van der Waals surface area (Å²) in [5.41, 5.74) is 5.07. The Morgan fingerprint density at radius 1 is 1.05 bits per heavy atom. The molecule has 0 aromatic heterocycles. The number of unbranched alkanes of at least 4 members (excludes halogenated alkanes) is 1. The fraction of sp³-hybridized carbons (Fsp3) is 0.368. The summed E-state index contributed by atoms with van der Waals surface area (Å²) in [6.45, 7) is 8.08. The zero-order chi connectivity index (χ0) is 15.1. The molecule has 0 bridgehead atoms. The van der Waals surface area contributed by atoms with Crippen LogP contribution >= 0.6 is 0 Å². The molecule has 0 aliphatic heterocycles. The van der Waals surface area contributed by atoms with Crippen molar-refractivity contribution in [1.29, 1.82) is 0 Å². The maximum Gasteiger partial charge on any atom is 0.119 e. The number of anilines is 1. The lowest BCUT2D eigenvalue weighted by Gasteiger charge is -2.12. The van der Waals surface area contributed by atoms with Gasteiger partial charge in [0.2, 0.25) is 0 Å². The van der Waals surface area contributed by atoms with Crippen molar-refractivity contribution in [3.8, 4) is 5.75 Å². The van der Waals surface area contributed by atoms with Crippen LogP contribution in [0.15, 0.2) is 42.5 Å². The van der Waals surface area contributed by atoms with E-state index in [0.717, 1.165) is 31.7 Å². The van der Waals surface area contributed by atoms with E-state index in [2.05, 4.69) is 62.5 Å². The van der Waals surface area contributed by atoms with Crippen LogP contribution < -0.4 is 10.1 Å². The van der Waals surface area contributed by atoms with Crippen molar-refractivity contribution in [2.24, 2.45) is 0 Å². The van der Waals surface area contributed by atoms with Gasteiger partial charge in [-0.1, -0.05) is 37.6 Å². The topological polar surface area (TPSA) is 21.3 Å². The van der Waals surface area contributed by atoms with Crippen LogP contribution in [0.25, 0.3) is 0 Å². The van der Waals surface area contributed by atoms with Gasteiger partial charge in [0.1, 0.15) is 5.75 Å². The smallest absolute Gasteiger partial charge is 0.119 e. The normalized spacial score (nSPS) is 10.4. The molecule has 21 heavy (non-hydrogen) atoms. The van der Waals surface area contributed by atoms with Gasteiger partial charge < -0.3 is 10.1 Å². The van der Waals surface area contributed by atoms with E-state index >= 15 is 0 Å². The third-order valence-electron chi connectivity index (χ3n) is 3.75. The van der Waals surface area contributed by atoms with Gasteiger partial charge in [-0.2, -0.15) is 0 Å². The molecule has 0 fully saturated rings. The van der Waals surface area contributed by atoms with E-state index in [1.807, 2.05) is 6.07 Å². The number of hydrogen-bond acceptors (Lipinski definition) is 2. The van der Waals surface area contributed by atoms with Crippen molar-refractivity contribution in [2.75, 3.05) is 11.9 Å². The number of ether oxygens (including phenoxy) is 1. The molecule has 0 heterocycles. The van der Waals surface area contributed by atoms with Gasteiger partial charge in [0, 0.05) is 12.2 Å². The number of aryl methyl sites for hydroxylation is 1. The van der Waals surface area contributed by atoms with E-state index in [-0.39, 0.29) is 0 Å². The van der Waals surface area contributed by atoms with Crippen molar-refractivity contribution >= 4 is 5.69 Å². The second kappa shape index (κ2) is 7.72. The molecule has 1 N–H and O–H groups in total. The highest BCUT2D eigenvalue weighted by molar-refractivity contribution is 5.54. The molecule has 0 amide bonds. The quantitative estimate of drug-likeness (QED) is 0.714. The summed E-state index contributed by atoms with van der Waals surface area (Å²) in [4.78, 5) is 0. The molecular weight excluding hydrogens is 258 g/mol. The van der Waals surface area contributed by atoms with Crippen molar-refractivity contribution in [3.63, 3.8) is 0 Å². The highest BCUT2D eigenvalue weighted by Crippen LogP contribution is 2.20. The van der Waals surface area contributed by atoms with Crippen LogP contribution in [0.2, 0.25) is 0 Å². The summed E-state index contributed by atoms with van der Waals surface area (Å²) in [6.07, 6.45) is 2.26. The summed E-state index contributed by atoms with van der Waals surface area (Å²) >= 11 is 0. The van der Waals surface area contributed by atoms with Crippen LogP contribution in [0.4, 0.5) is 5.69 Å². The van der Waals surface area contributed by atoms with E-state index < -0.39 is 0 Å². The lowest BCUT2D eigenvalue weighted by atomic mass is 10.1.